The molecule has 2 heterocycles. The van der Waals surface area contributed by atoms with Gasteiger partial charge in [0, 0.05) is 25.0 Å². The van der Waals surface area contributed by atoms with Gasteiger partial charge in [0.15, 0.2) is 0 Å². The predicted molar refractivity (Wildman–Crippen MR) is 60.4 cm³/mol. The fraction of sp³-hybridized carbons (Fsp3) is 0.167. The van der Waals surface area contributed by atoms with E-state index in [0.717, 1.165) is 17.5 Å². The third kappa shape index (κ3) is 2.31. The minimum Gasteiger partial charge on any atom is -0.383 e. The second-order valence-electron chi connectivity index (χ2n) is 3.58. The van der Waals surface area contributed by atoms with Gasteiger partial charge >= 0.3 is 0 Å². The van der Waals surface area contributed by atoms with E-state index < -0.39 is 0 Å². The molecule has 0 aliphatic carbocycles. The van der Waals surface area contributed by atoms with Gasteiger partial charge in [-0.25, -0.2) is 4.98 Å². The van der Waals surface area contributed by atoms with Crippen molar-refractivity contribution in [3.63, 3.8) is 0 Å². The lowest BCUT2D eigenvalue weighted by Crippen LogP contribution is -1.97. The Morgan fingerprint density at radius 2 is 2.13 bits per heavy atom. The lowest BCUT2D eigenvalue weighted by Gasteiger charge is -2.03. The van der Waals surface area contributed by atoms with Gasteiger partial charge in [0.2, 0.25) is 0 Å². The van der Waals surface area contributed by atoms with Crippen LogP contribution in [-0.4, -0.2) is 9.97 Å². The van der Waals surface area contributed by atoms with Crippen LogP contribution in [0.4, 0.5) is 5.82 Å². The van der Waals surface area contributed by atoms with Gasteiger partial charge in [0.1, 0.15) is 5.82 Å². The first-order valence-electron chi connectivity index (χ1n) is 4.85. The normalized spacial score (nSPS) is 10.2. The SMILES string of the molecule is Cc1cc(Cc2cccnc2)cnc1N. The Morgan fingerprint density at radius 3 is 2.80 bits per heavy atom. The summed E-state index contributed by atoms with van der Waals surface area (Å²) >= 11 is 0. The number of nitrogens with two attached hydrogens (primary N) is 1. The monoisotopic (exact) mass is 199 g/mol. The molecule has 0 unspecified atom stereocenters. The fourth-order valence-electron chi connectivity index (χ4n) is 1.48. The highest BCUT2D eigenvalue weighted by molar-refractivity contribution is 5.40. The Bertz CT molecular complexity index is 452. The van der Waals surface area contributed by atoms with Crippen LogP contribution in [0.1, 0.15) is 16.7 Å². The Morgan fingerprint density at radius 1 is 1.27 bits per heavy atom. The summed E-state index contributed by atoms with van der Waals surface area (Å²) in [5.41, 5.74) is 9.03. The summed E-state index contributed by atoms with van der Waals surface area (Å²) < 4.78 is 0. The van der Waals surface area contributed by atoms with E-state index in [9.17, 15) is 0 Å². The standard InChI is InChI=1S/C12H13N3/c1-9-5-11(8-15-12(9)13)6-10-3-2-4-14-7-10/h2-5,7-8H,6H2,1H3,(H2,13,15). The van der Waals surface area contributed by atoms with Gasteiger partial charge in [-0.15, -0.1) is 0 Å². The first-order chi connectivity index (χ1) is 7.25. The Balaban J connectivity index is 2.22. The first-order valence-corrected chi connectivity index (χ1v) is 4.85. The number of hydrogen-bond acceptors (Lipinski definition) is 3. The Hall–Kier alpha value is -1.90. The third-order valence-electron chi connectivity index (χ3n) is 2.31. The summed E-state index contributed by atoms with van der Waals surface area (Å²) in [5.74, 6) is 0.602. The van der Waals surface area contributed by atoms with E-state index in [0.29, 0.717) is 5.82 Å². The number of aryl methyl sites for hydroxylation is 1. The Labute approximate surface area is 89.0 Å². The van der Waals surface area contributed by atoms with Crippen LogP contribution in [0.3, 0.4) is 0 Å². The molecule has 0 saturated carbocycles. The molecule has 15 heavy (non-hydrogen) atoms. The maximum atomic E-state index is 5.66. The summed E-state index contributed by atoms with van der Waals surface area (Å²) in [5, 5.41) is 0. The number of nitrogen functional groups attached to an aromatic ring is 1. The van der Waals surface area contributed by atoms with Gasteiger partial charge in [0.05, 0.1) is 0 Å². The van der Waals surface area contributed by atoms with E-state index in [-0.39, 0.29) is 0 Å². The quantitative estimate of drug-likeness (QED) is 0.804. The summed E-state index contributed by atoms with van der Waals surface area (Å²) in [6.07, 6.45) is 6.30. The van der Waals surface area contributed by atoms with Crippen molar-refractivity contribution in [2.75, 3.05) is 5.73 Å². The van der Waals surface area contributed by atoms with Crippen LogP contribution >= 0.6 is 0 Å². The zero-order chi connectivity index (χ0) is 10.7. The molecule has 0 atom stereocenters. The van der Waals surface area contributed by atoms with Crippen molar-refractivity contribution >= 4 is 5.82 Å². The number of anilines is 1. The number of rotatable bonds is 2. The molecular formula is C12H13N3. The lowest BCUT2D eigenvalue weighted by atomic mass is 10.1. The maximum Gasteiger partial charge on any atom is 0.126 e. The van der Waals surface area contributed by atoms with Gasteiger partial charge in [-0.1, -0.05) is 12.1 Å². The molecule has 3 nitrogen and oxygen atoms in total. The van der Waals surface area contributed by atoms with Crippen LogP contribution in [0, 0.1) is 6.92 Å². The predicted octanol–water partition coefficient (Wildman–Crippen LogP) is 1.96. The molecule has 0 aromatic carbocycles. The fourth-order valence-corrected chi connectivity index (χ4v) is 1.48. The van der Waals surface area contributed by atoms with Crippen molar-refractivity contribution in [2.24, 2.45) is 0 Å². The van der Waals surface area contributed by atoms with Crippen LogP contribution < -0.4 is 5.73 Å². The number of pyridine rings is 2. The average molecular weight is 199 g/mol. The van der Waals surface area contributed by atoms with E-state index in [1.54, 1.807) is 6.20 Å². The van der Waals surface area contributed by atoms with Crippen molar-refractivity contribution in [1.29, 1.82) is 0 Å². The van der Waals surface area contributed by atoms with E-state index in [4.69, 9.17) is 5.73 Å². The molecule has 0 aliphatic heterocycles. The zero-order valence-corrected chi connectivity index (χ0v) is 8.64. The van der Waals surface area contributed by atoms with E-state index in [2.05, 4.69) is 22.1 Å². The molecule has 0 saturated heterocycles. The summed E-state index contributed by atoms with van der Waals surface area (Å²) in [6, 6.07) is 6.06. The topological polar surface area (TPSA) is 51.8 Å². The maximum absolute atomic E-state index is 5.66. The van der Waals surface area contributed by atoms with Crippen LogP contribution in [0.2, 0.25) is 0 Å². The highest BCUT2D eigenvalue weighted by atomic mass is 14.8. The third-order valence-corrected chi connectivity index (χ3v) is 2.31. The highest BCUT2D eigenvalue weighted by Gasteiger charge is 1.99. The molecule has 0 fully saturated rings. The van der Waals surface area contributed by atoms with Gasteiger partial charge in [-0.3, -0.25) is 4.98 Å². The molecule has 0 radical (unpaired) electrons. The van der Waals surface area contributed by atoms with Crippen LogP contribution in [0.15, 0.2) is 36.8 Å². The number of nitrogens with zero attached hydrogens (tertiary/aromatic N) is 2. The lowest BCUT2D eigenvalue weighted by molar-refractivity contribution is 1.11. The van der Waals surface area contributed by atoms with Crippen LogP contribution in [-0.2, 0) is 6.42 Å². The minimum atomic E-state index is 0.602. The molecule has 3 heteroatoms. The molecule has 0 aliphatic rings. The van der Waals surface area contributed by atoms with Gasteiger partial charge in [0.25, 0.3) is 0 Å². The molecule has 2 aromatic heterocycles. The average Bonchev–Trinajstić information content (AvgIpc) is 2.25. The summed E-state index contributed by atoms with van der Waals surface area (Å²) in [4.78, 5) is 8.21. The smallest absolute Gasteiger partial charge is 0.126 e. The van der Waals surface area contributed by atoms with Crippen molar-refractivity contribution in [3.05, 3.63) is 53.5 Å². The molecule has 76 valence electrons. The van der Waals surface area contributed by atoms with Gasteiger partial charge in [-0.2, -0.15) is 0 Å². The zero-order valence-electron chi connectivity index (χ0n) is 8.64. The second kappa shape index (κ2) is 4.09. The van der Waals surface area contributed by atoms with Crippen LogP contribution in [0.25, 0.3) is 0 Å². The number of aromatic nitrogens is 2. The molecule has 0 spiro atoms. The van der Waals surface area contributed by atoms with E-state index in [1.165, 1.54) is 5.56 Å². The number of hydrogen-bond donors (Lipinski definition) is 1. The van der Waals surface area contributed by atoms with Gasteiger partial charge in [-0.05, 0) is 29.7 Å². The van der Waals surface area contributed by atoms with Gasteiger partial charge < -0.3 is 5.73 Å². The molecule has 0 bridgehead atoms. The molecule has 2 aromatic rings. The van der Waals surface area contributed by atoms with Crippen molar-refractivity contribution in [3.8, 4) is 0 Å². The van der Waals surface area contributed by atoms with E-state index >= 15 is 0 Å². The second-order valence-corrected chi connectivity index (χ2v) is 3.58. The minimum absolute atomic E-state index is 0.602. The largest absolute Gasteiger partial charge is 0.383 e. The molecule has 2 rings (SSSR count). The van der Waals surface area contributed by atoms with Crippen molar-refractivity contribution in [2.45, 2.75) is 13.3 Å². The molecule has 0 amide bonds. The highest BCUT2D eigenvalue weighted by Crippen LogP contribution is 2.12. The summed E-state index contributed by atoms with van der Waals surface area (Å²) in [6.45, 7) is 1.97. The summed E-state index contributed by atoms with van der Waals surface area (Å²) in [7, 11) is 0. The Kier molecular flexibility index (Phi) is 2.63. The van der Waals surface area contributed by atoms with Crippen molar-refractivity contribution in [1.82, 2.24) is 9.97 Å². The molecular weight excluding hydrogens is 186 g/mol. The van der Waals surface area contributed by atoms with Crippen LogP contribution in [0.5, 0.6) is 0 Å². The molecule has 2 N–H and O–H groups in total. The van der Waals surface area contributed by atoms with E-state index in [1.807, 2.05) is 25.4 Å². The van der Waals surface area contributed by atoms with Crippen molar-refractivity contribution < 1.29 is 0 Å². The first kappa shape index (κ1) is 9.65.